The fourth-order valence-corrected chi connectivity index (χ4v) is 2.79. The van der Waals surface area contributed by atoms with Crippen LogP contribution >= 0.6 is 0 Å². The molecule has 0 radical (unpaired) electrons. The molecular weight excluding hydrogens is 304 g/mol. The topological polar surface area (TPSA) is 52.6 Å². The Morgan fingerprint density at radius 2 is 1.00 bits per heavy atom. The van der Waals surface area contributed by atoms with E-state index in [1.807, 2.05) is 69.2 Å². The molecule has 0 saturated carbocycles. The van der Waals surface area contributed by atoms with Gasteiger partial charge in [-0.05, 0) is 28.2 Å². The van der Waals surface area contributed by atoms with Crippen LogP contribution in [0.2, 0.25) is 0 Å². The predicted octanol–water partition coefficient (Wildman–Crippen LogP) is 4.77. The summed E-state index contributed by atoms with van der Waals surface area (Å²) in [6, 6.07) is 0. The second-order valence-electron chi connectivity index (χ2n) is 9.23. The first kappa shape index (κ1) is 22.7. The summed E-state index contributed by atoms with van der Waals surface area (Å²) in [5.41, 5.74) is 0.0940. The summed E-state index contributed by atoms with van der Waals surface area (Å²) >= 11 is 0. The Kier molecular flexibility index (Phi) is 8.20. The van der Waals surface area contributed by atoms with Gasteiger partial charge in [-0.25, -0.2) is 9.59 Å². The number of hydrogen-bond acceptors (Lipinski definition) is 4. The number of rotatable bonds is 6. The minimum absolute atomic E-state index is 0.0521. The molecule has 0 heterocycles. The van der Waals surface area contributed by atoms with Crippen molar-refractivity contribution in [1.29, 1.82) is 0 Å². The Morgan fingerprint density at radius 1 is 0.708 bits per heavy atom. The van der Waals surface area contributed by atoms with E-state index < -0.39 is 11.9 Å². The number of esters is 2. The van der Waals surface area contributed by atoms with Gasteiger partial charge in [-0.3, -0.25) is 0 Å². The predicted molar refractivity (Wildman–Crippen MR) is 97.5 cm³/mol. The molecule has 0 unspecified atom stereocenters. The molecule has 24 heavy (non-hydrogen) atoms. The quantitative estimate of drug-likeness (QED) is 0.302. The van der Waals surface area contributed by atoms with E-state index in [0.29, 0.717) is 0 Å². The minimum atomic E-state index is -0.586. The van der Waals surface area contributed by atoms with E-state index in [9.17, 15) is 9.59 Å². The molecule has 0 amide bonds. The van der Waals surface area contributed by atoms with Gasteiger partial charge in [0.25, 0.3) is 0 Å². The van der Waals surface area contributed by atoms with E-state index >= 15 is 0 Å². The lowest BCUT2D eigenvalue weighted by atomic mass is 9.69. The summed E-state index contributed by atoms with van der Waals surface area (Å²) < 4.78 is 10.7. The largest absolute Gasteiger partial charge is 0.462 e. The highest BCUT2D eigenvalue weighted by atomic mass is 16.6. The highest BCUT2D eigenvalue weighted by Crippen LogP contribution is 2.42. The van der Waals surface area contributed by atoms with E-state index in [2.05, 4.69) is 0 Å². The van der Waals surface area contributed by atoms with Crippen molar-refractivity contribution in [2.75, 3.05) is 13.2 Å². The maximum absolute atomic E-state index is 12.7. The van der Waals surface area contributed by atoms with Gasteiger partial charge in [0, 0.05) is 0 Å². The molecule has 0 spiro atoms. The van der Waals surface area contributed by atoms with Gasteiger partial charge in [0.2, 0.25) is 0 Å². The Morgan fingerprint density at radius 3 is 1.21 bits per heavy atom. The number of carbonyl (C=O) groups is 2. The number of hydrogen-bond donors (Lipinski definition) is 0. The van der Waals surface area contributed by atoms with Gasteiger partial charge < -0.3 is 9.47 Å². The van der Waals surface area contributed by atoms with Crippen LogP contribution in [0.3, 0.4) is 0 Å². The van der Waals surface area contributed by atoms with Gasteiger partial charge in [0.15, 0.2) is 0 Å². The zero-order valence-corrected chi connectivity index (χ0v) is 17.2. The molecule has 0 aromatic heterocycles. The second kappa shape index (κ2) is 8.68. The van der Waals surface area contributed by atoms with Crippen LogP contribution in [0.4, 0.5) is 0 Å². The Bertz CT molecular complexity index is 429. The average molecular weight is 341 g/mol. The SMILES string of the molecule is CC(C)COC(=O)C(C(=O)OCC(C)C)=C(C(C)(C)C)C(C)(C)C. The molecule has 0 aliphatic heterocycles. The molecule has 4 nitrogen and oxygen atoms in total. The van der Waals surface area contributed by atoms with Gasteiger partial charge >= 0.3 is 11.9 Å². The first-order valence-electron chi connectivity index (χ1n) is 8.77. The first-order valence-corrected chi connectivity index (χ1v) is 8.77. The fraction of sp³-hybridized carbons (Fsp3) is 0.800. The van der Waals surface area contributed by atoms with Gasteiger partial charge in [0.1, 0.15) is 5.57 Å². The third-order valence-corrected chi connectivity index (χ3v) is 3.25. The summed E-state index contributed by atoms with van der Waals surface area (Å²) in [6.07, 6.45) is 0. The van der Waals surface area contributed by atoms with Crippen molar-refractivity contribution in [3.8, 4) is 0 Å². The lowest BCUT2D eigenvalue weighted by Gasteiger charge is -2.35. The summed E-state index contributed by atoms with van der Waals surface area (Å²) in [7, 11) is 0. The lowest BCUT2D eigenvalue weighted by Crippen LogP contribution is -2.32. The molecular formula is C20H36O4. The van der Waals surface area contributed by atoms with Gasteiger partial charge in [0.05, 0.1) is 13.2 Å². The molecule has 0 rings (SSSR count). The second-order valence-corrected chi connectivity index (χ2v) is 9.23. The third kappa shape index (κ3) is 7.50. The lowest BCUT2D eigenvalue weighted by molar-refractivity contribution is -0.148. The van der Waals surface area contributed by atoms with Crippen molar-refractivity contribution in [3.05, 3.63) is 11.1 Å². The molecule has 0 aliphatic carbocycles. The van der Waals surface area contributed by atoms with Crippen molar-refractivity contribution in [2.45, 2.75) is 69.2 Å². The molecule has 0 aromatic rings. The maximum Gasteiger partial charge on any atom is 0.345 e. The number of allylic oxidation sites excluding steroid dienone is 1. The Hall–Kier alpha value is -1.32. The molecule has 4 heteroatoms. The maximum atomic E-state index is 12.7. The highest BCUT2D eigenvalue weighted by Gasteiger charge is 2.38. The van der Waals surface area contributed by atoms with Crippen molar-refractivity contribution in [3.63, 3.8) is 0 Å². The van der Waals surface area contributed by atoms with E-state index in [1.54, 1.807) is 0 Å². The van der Waals surface area contributed by atoms with E-state index in [1.165, 1.54) is 0 Å². The highest BCUT2D eigenvalue weighted by molar-refractivity contribution is 6.15. The number of ether oxygens (including phenoxy) is 2. The van der Waals surface area contributed by atoms with Crippen LogP contribution in [0.5, 0.6) is 0 Å². The monoisotopic (exact) mass is 340 g/mol. The van der Waals surface area contributed by atoms with Gasteiger partial charge in [-0.15, -0.1) is 0 Å². The molecule has 0 aliphatic rings. The van der Waals surface area contributed by atoms with Crippen molar-refractivity contribution in [2.24, 2.45) is 22.7 Å². The smallest absolute Gasteiger partial charge is 0.345 e. The average Bonchev–Trinajstić information content (AvgIpc) is 2.36. The Balaban J connectivity index is 6.02. The molecule has 0 fully saturated rings. The summed E-state index contributed by atoms with van der Waals surface area (Å²) in [5.74, 6) is -0.765. The van der Waals surface area contributed by atoms with Gasteiger partial charge in [-0.1, -0.05) is 69.2 Å². The Labute approximate surface area is 148 Å². The minimum Gasteiger partial charge on any atom is -0.462 e. The standard InChI is InChI=1S/C20H36O4/c1-13(2)11-23-17(21)15(18(22)24-12-14(3)4)16(19(5,6)7)20(8,9)10/h13-14H,11-12H2,1-10H3. The van der Waals surface area contributed by atoms with E-state index in [0.717, 1.165) is 5.57 Å². The summed E-state index contributed by atoms with van der Waals surface area (Å²) in [6.45, 7) is 20.4. The summed E-state index contributed by atoms with van der Waals surface area (Å²) in [4.78, 5) is 25.4. The first-order chi connectivity index (χ1) is 10.7. The third-order valence-electron chi connectivity index (χ3n) is 3.25. The zero-order valence-electron chi connectivity index (χ0n) is 17.2. The summed E-state index contributed by atoms with van der Waals surface area (Å²) in [5, 5.41) is 0. The van der Waals surface area contributed by atoms with Crippen molar-refractivity contribution < 1.29 is 19.1 Å². The molecule has 0 saturated heterocycles. The van der Waals surface area contributed by atoms with Crippen LogP contribution in [-0.2, 0) is 19.1 Å². The molecule has 0 bridgehead atoms. The number of carbonyl (C=O) groups excluding carboxylic acids is 2. The van der Waals surface area contributed by atoms with E-state index in [4.69, 9.17) is 9.47 Å². The fourth-order valence-electron chi connectivity index (χ4n) is 2.79. The molecule has 140 valence electrons. The molecule has 0 N–H and O–H groups in total. The molecule has 0 aromatic carbocycles. The zero-order chi connectivity index (χ0) is 19.3. The van der Waals surface area contributed by atoms with Crippen LogP contribution < -0.4 is 0 Å². The van der Waals surface area contributed by atoms with Gasteiger partial charge in [-0.2, -0.15) is 0 Å². The normalized spacial score (nSPS) is 12.3. The van der Waals surface area contributed by atoms with Crippen LogP contribution in [0, 0.1) is 22.7 Å². The van der Waals surface area contributed by atoms with Crippen molar-refractivity contribution in [1.82, 2.24) is 0 Å². The van der Waals surface area contributed by atoms with Crippen LogP contribution in [0.15, 0.2) is 11.1 Å². The van der Waals surface area contributed by atoms with Crippen molar-refractivity contribution >= 4 is 11.9 Å². The van der Waals surface area contributed by atoms with Crippen LogP contribution in [0.25, 0.3) is 0 Å². The van der Waals surface area contributed by atoms with Crippen LogP contribution in [-0.4, -0.2) is 25.2 Å². The molecule has 0 atom stereocenters. The van der Waals surface area contributed by atoms with Crippen LogP contribution in [0.1, 0.15) is 69.2 Å². The van der Waals surface area contributed by atoms with E-state index in [-0.39, 0.29) is 41.5 Å².